The number of H-pyrrole nitrogens is 1. The molecular formula is C17H21N3O4. The van der Waals surface area contributed by atoms with E-state index in [1.807, 2.05) is 24.3 Å². The monoisotopic (exact) mass is 331 g/mol. The molecule has 1 aromatic heterocycles. The predicted octanol–water partition coefficient (Wildman–Crippen LogP) is 2.16. The van der Waals surface area contributed by atoms with Crippen molar-refractivity contribution < 1.29 is 19.1 Å². The number of aromatic amines is 1. The van der Waals surface area contributed by atoms with Crippen LogP contribution in [-0.4, -0.2) is 42.3 Å². The quantitative estimate of drug-likeness (QED) is 0.571. The Morgan fingerprint density at radius 2 is 2.00 bits per heavy atom. The van der Waals surface area contributed by atoms with Crippen LogP contribution in [0.4, 0.5) is 0 Å². The molecule has 7 nitrogen and oxygen atoms in total. The van der Waals surface area contributed by atoms with Crippen molar-refractivity contribution >= 4 is 11.9 Å². The van der Waals surface area contributed by atoms with Crippen LogP contribution in [0.15, 0.2) is 30.5 Å². The predicted molar refractivity (Wildman–Crippen MR) is 88.8 cm³/mol. The van der Waals surface area contributed by atoms with Crippen molar-refractivity contribution in [3.05, 3.63) is 36.0 Å². The smallest absolute Gasteiger partial charge is 0.305 e. The lowest BCUT2D eigenvalue weighted by Gasteiger charge is -2.07. The van der Waals surface area contributed by atoms with Gasteiger partial charge in [0, 0.05) is 18.5 Å². The van der Waals surface area contributed by atoms with E-state index in [0.717, 1.165) is 11.3 Å². The molecule has 0 bridgehead atoms. The summed E-state index contributed by atoms with van der Waals surface area (Å²) in [5.74, 6) is 0.246. The number of ether oxygens (including phenoxy) is 2. The fraction of sp³-hybridized carbons (Fsp3) is 0.353. The van der Waals surface area contributed by atoms with Gasteiger partial charge in [-0.3, -0.25) is 14.7 Å². The maximum absolute atomic E-state index is 12.3. The molecule has 0 aliphatic heterocycles. The van der Waals surface area contributed by atoms with Gasteiger partial charge in [-0.25, -0.2) is 0 Å². The number of rotatable bonds is 8. The van der Waals surface area contributed by atoms with Crippen molar-refractivity contribution in [2.24, 2.45) is 0 Å². The number of hydrogen-bond acceptors (Lipinski definition) is 5. The van der Waals surface area contributed by atoms with Gasteiger partial charge < -0.3 is 14.8 Å². The molecule has 1 heterocycles. The van der Waals surface area contributed by atoms with Crippen LogP contribution in [0.5, 0.6) is 5.75 Å². The average molecular weight is 331 g/mol. The number of carbonyl (C=O) groups excluding carboxylic acids is 2. The van der Waals surface area contributed by atoms with Gasteiger partial charge in [0.05, 0.1) is 31.2 Å². The van der Waals surface area contributed by atoms with Crippen LogP contribution < -0.4 is 10.1 Å². The van der Waals surface area contributed by atoms with E-state index in [-0.39, 0.29) is 18.3 Å². The lowest BCUT2D eigenvalue weighted by atomic mass is 10.1. The minimum absolute atomic E-state index is 0.238. The Labute approximate surface area is 140 Å². The zero-order valence-electron chi connectivity index (χ0n) is 13.8. The highest BCUT2D eigenvalue weighted by molar-refractivity contribution is 5.99. The highest BCUT2D eigenvalue weighted by Gasteiger charge is 2.15. The molecule has 0 saturated heterocycles. The van der Waals surface area contributed by atoms with Crippen LogP contribution in [0.25, 0.3) is 11.3 Å². The molecule has 0 spiro atoms. The number of carbonyl (C=O) groups is 2. The lowest BCUT2D eigenvalue weighted by molar-refractivity contribution is -0.143. The second kappa shape index (κ2) is 8.71. The number of esters is 1. The van der Waals surface area contributed by atoms with Crippen LogP contribution in [0, 0.1) is 0 Å². The van der Waals surface area contributed by atoms with E-state index in [9.17, 15) is 9.59 Å². The summed E-state index contributed by atoms with van der Waals surface area (Å²) in [4.78, 5) is 23.5. The van der Waals surface area contributed by atoms with E-state index in [0.29, 0.717) is 30.8 Å². The SMILES string of the molecule is CCOC(=O)CCCNC(=O)c1cn[nH]c1-c1ccc(OC)cc1. The highest BCUT2D eigenvalue weighted by Crippen LogP contribution is 2.23. The number of benzene rings is 1. The lowest BCUT2D eigenvalue weighted by Crippen LogP contribution is -2.25. The first kappa shape index (κ1) is 17.5. The maximum atomic E-state index is 12.3. The largest absolute Gasteiger partial charge is 0.497 e. The van der Waals surface area contributed by atoms with Crippen molar-refractivity contribution in [2.45, 2.75) is 19.8 Å². The molecule has 0 saturated carbocycles. The fourth-order valence-electron chi connectivity index (χ4n) is 2.20. The van der Waals surface area contributed by atoms with Crippen molar-refractivity contribution in [1.29, 1.82) is 0 Å². The molecule has 0 fully saturated rings. The Morgan fingerprint density at radius 1 is 1.25 bits per heavy atom. The zero-order chi connectivity index (χ0) is 17.4. The van der Waals surface area contributed by atoms with Crippen molar-refractivity contribution in [3.63, 3.8) is 0 Å². The Bertz CT molecular complexity index is 679. The summed E-state index contributed by atoms with van der Waals surface area (Å²) in [5, 5.41) is 9.58. The zero-order valence-corrected chi connectivity index (χ0v) is 13.8. The Hall–Kier alpha value is -2.83. The summed E-state index contributed by atoms with van der Waals surface area (Å²) >= 11 is 0. The highest BCUT2D eigenvalue weighted by atomic mass is 16.5. The summed E-state index contributed by atoms with van der Waals surface area (Å²) in [5.41, 5.74) is 1.93. The number of aromatic nitrogens is 2. The molecule has 7 heteroatoms. The number of nitrogens with one attached hydrogen (secondary N) is 2. The number of nitrogens with zero attached hydrogens (tertiary/aromatic N) is 1. The summed E-state index contributed by atoms with van der Waals surface area (Å²) in [6.07, 6.45) is 2.30. The van der Waals surface area contributed by atoms with E-state index >= 15 is 0 Å². The van der Waals surface area contributed by atoms with E-state index in [2.05, 4.69) is 15.5 Å². The molecule has 1 aromatic carbocycles. The first-order valence-electron chi connectivity index (χ1n) is 7.77. The minimum atomic E-state index is -0.256. The van der Waals surface area contributed by atoms with Gasteiger partial charge in [-0.2, -0.15) is 5.10 Å². The number of amides is 1. The van der Waals surface area contributed by atoms with E-state index in [1.165, 1.54) is 6.20 Å². The van der Waals surface area contributed by atoms with Gasteiger partial charge in [0.25, 0.3) is 5.91 Å². The van der Waals surface area contributed by atoms with Gasteiger partial charge in [-0.15, -0.1) is 0 Å². The molecule has 2 rings (SSSR count). The summed E-state index contributed by atoms with van der Waals surface area (Å²) in [6.45, 7) is 2.52. The maximum Gasteiger partial charge on any atom is 0.305 e. The van der Waals surface area contributed by atoms with Gasteiger partial charge in [-0.1, -0.05) is 0 Å². The van der Waals surface area contributed by atoms with Crippen molar-refractivity contribution in [1.82, 2.24) is 15.5 Å². The standard InChI is InChI=1S/C17H21N3O4/c1-3-24-15(21)5-4-10-18-17(22)14-11-19-20-16(14)12-6-8-13(23-2)9-7-12/h6-9,11H,3-5,10H2,1-2H3,(H,18,22)(H,19,20). The van der Waals surface area contributed by atoms with Gasteiger partial charge in [-0.05, 0) is 37.6 Å². The van der Waals surface area contributed by atoms with E-state index in [4.69, 9.17) is 9.47 Å². The molecule has 24 heavy (non-hydrogen) atoms. The summed E-state index contributed by atoms with van der Waals surface area (Å²) in [6, 6.07) is 7.34. The number of methoxy groups -OCH3 is 1. The van der Waals surface area contributed by atoms with Crippen LogP contribution >= 0.6 is 0 Å². The second-order valence-corrected chi connectivity index (χ2v) is 5.05. The Balaban J connectivity index is 1.93. The number of hydrogen-bond donors (Lipinski definition) is 2. The molecule has 128 valence electrons. The first-order valence-corrected chi connectivity index (χ1v) is 7.77. The molecule has 1 amide bonds. The molecule has 0 radical (unpaired) electrons. The van der Waals surface area contributed by atoms with Gasteiger partial charge in [0.1, 0.15) is 5.75 Å². The molecule has 2 aromatic rings. The second-order valence-electron chi connectivity index (χ2n) is 5.05. The van der Waals surface area contributed by atoms with Crippen molar-refractivity contribution in [2.75, 3.05) is 20.3 Å². The average Bonchev–Trinajstić information content (AvgIpc) is 3.08. The Kier molecular flexibility index (Phi) is 6.36. The van der Waals surface area contributed by atoms with Crippen molar-refractivity contribution in [3.8, 4) is 17.0 Å². The van der Waals surface area contributed by atoms with Crippen LogP contribution in [0.2, 0.25) is 0 Å². The summed E-state index contributed by atoms with van der Waals surface area (Å²) in [7, 11) is 1.60. The molecular weight excluding hydrogens is 310 g/mol. The van der Waals surface area contributed by atoms with Crippen LogP contribution in [-0.2, 0) is 9.53 Å². The molecule has 0 atom stereocenters. The molecule has 2 N–H and O–H groups in total. The first-order chi connectivity index (χ1) is 11.7. The van der Waals surface area contributed by atoms with Crippen LogP contribution in [0.3, 0.4) is 0 Å². The van der Waals surface area contributed by atoms with E-state index in [1.54, 1.807) is 14.0 Å². The third-order valence-corrected chi connectivity index (χ3v) is 3.41. The van der Waals surface area contributed by atoms with Crippen LogP contribution in [0.1, 0.15) is 30.1 Å². The fourth-order valence-corrected chi connectivity index (χ4v) is 2.20. The van der Waals surface area contributed by atoms with E-state index < -0.39 is 0 Å². The third-order valence-electron chi connectivity index (χ3n) is 3.41. The topological polar surface area (TPSA) is 93.3 Å². The Morgan fingerprint density at radius 3 is 2.67 bits per heavy atom. The van der Waals surface area contributed by atoms with Gasteiger partial charge in [0.2, 0.25) is 0 Å². The van der Waals surface area contributed by atoms with Gasteiger partial charge >= 0.3 is 5.97 Å². The third kappa shape index (κ3) is 4.58. The molecule has 0 unspecified atom stereocenters. The molecule has 0 aliphatic rings. The summed E-state index contributed by atoms with van der Waals surface area (Å²) < 4.78 is 9.96. The molecule has 0 aliphatic carbocycles. The normalized spacial score (nSPS) is 10.2. The van der Waals surface area contributed by atoms with Gasteiger partial charge in [0.15, 0.2) is 0 Å². The minimum Gasteiger partial charge on any atom is -0.497 e.